The zero-order valence-corrected chi connectivity index (χ0v) is 18.8. The smallest absolute Gasteiger partial charge is 0.405 e. The van der Waals surface area contributed by atoms with Crippen LogP contribution in [0, 0.1) is 0 Å². The lowest BCUT2D eigenvalue weighted by Crippen LogP contribution is -2.52. The highest BCUT2D eigenvalue weighted by Crippen LogP contribution is 2.26. The van der Waals surface area contributed by atoms with Crippen LogP contribution in [0.15, 0.2) is 29.3 Å². The second-order valence-electron chi connectivity index (χ2n) is 6.65. The minimum atomic E-state index is -4.71. The van der Waals surface area contributed by atoms with Crippen LogP contribution in [0.3, 0.4) is 0 Å². The average Bonchev–Trinajstić information content (AvgIpc) is 2.62. The van der Waals surface area contributed by atoms with Crippen molar-refractivity contribution in [1.82, 2.24) is 20.4 Å². The highest BCUT2D eigenvalue weighted by atomic mass is 127. The summed E-state index contributed by atoms with van der Waals surface area (Å²) in [6.07, 6.45) is -4.71. The molecule has 0 amide bonds. The Balaban J connectivity index is 0.00000392. The van der Waals surface area contributed by atoms with Gasteiger partial charge < -0.3 is 20.3 Å². The minimum absolute atomic E-state index is 0. The molecular weight excluding hydrogens is 486 g/mol. The quantitative estimate of drug-likeness (QED) is 0.347. The van der Waals surface area contributed by atoms with Crippen LogP contribution in [0.4, 0.5) is 13.2 Å². The Morgan fingerprint density at radius 3 is 2.43 bits per heavy atom. The summed E-state index contributed by atoms with van der Waals surface area (Å²) in [5, 5.41) is 6.28. The number of hydrogen-bond donors (Lipinski definition) is 2. The molecule has 6 nitrogen and oxygen atoms in total. The standard InChI is InChI=1S/C18H28F3N5O.HI/c1-14(26-10-8-25(3)9-11-26)12-23-17(22-2)24-13-15-6-4-5-7-16(15)27-18(19,20)21;/h4-7,14H,8-13H2,1-3H3,(H2,22,23,24);1H. The predicted molar refractivity (Wildman–Crippen MR) is 115 cm³/mol. The number of aliphatic imine (C=N–C) groups is 1. The summed E-state index contributed by atoms with van der Waals surface area (Å²) < 4.78 is 41.6. The van der Waals surface area contributed by atoms with Gasteiger partial charge in [0.15, 0.2) is 5.96 Å². The zero-order valence-electron chi connectivity index (χ0n) is 16.4. The maximum Gasteiger partial charge on any atom is 0.573 e. The van der Waals surface area contributed by atoms with Crippen LogP contribution in [-0.4, -0.2) is 75.0 Å². The van der Waals surface area contributed by atoms with Gasteiger partial charge in [0, 0.05) is 57.9 Å². The Labute approximate surface area is 181 Å². The van der Waals surface area contributed by atoms with Crippen LogP contribution < -0.4 is 15.4 Å². The maximum absolute atomic E-state index is 12.5. The number of alkyl halides is 3. The number of halogens is 4. The van der Waals surface area contributed by atoms with E-state index in [1.165, 1.54) is 12.1 Å². The lowest BCUT2D eigenvalue weighted by atomic mass is 10.2. The van der Waals surface area contributed by atoms with Gasteiger partial charge in [-0.1, -0.05) is 18.2 Å². The van der Waals surface area contributed by atoms with Crippen LogP contribution in [0.5, 0.6) is 5.75 Å². The molecule has 28 heavy (non-hydrogen) atoms. The van der Waals surface area contributed by atoms with Crippen molar-refractivity contribution in [3.8, 4) is 5.75 Å². The zero-order chi connectivity index (χ0) is 19.9. The minimum Gasteiger partial charge on any atom is -0.405 e. The third-order valence-electron chi connectivity index (χ3n) is 4.59. The Morgan fingerprint density at radius 1 is 1.18 bits per heavy atom. The topological polar surface area (TPSA) is 52.1 Å². The SMILES string of the molecule is CN=C(NCc1ccccc1OC(F)(F)F)NCC(C)N1CCN(C)CC1.I. The molecule has 0 radical (unpaired) electrons. The van der Waals surface area contributed by atoms with Crippen LogP contribution in [0.1, 0.15) is 12.5 Å². The molecule has 0 aromatic heterocycles. The Bertz CT molecular complexity index is 621. The number of para-hydroxylation sites is 1. The predicted octanol–water partition coefficient (Wildman–Crippen LogP) is 2.50. The molecule has 0 aliphatic carbocycles. The molecule has 160 valence electrons. The number of ether oxygens (including phenoxy) is 1. The highest BCUT2D eigenvalue weighted by Gasteiger charge is 2.32. The molecule has 0 saturated carbocycles. The van der Waals surface area contributed by atoms with E-state index in [-0.39, 0.29) is 36.3 Å². The molecule has 1 unspecified atom stereocenters. The van der Waals surface area contributed by atoms with Crippen molar-refractivity contribution in [3.63, 3.8) is 0 Å². The van der Waals surface area contributed by atoms with Crippen molar-refractivity contribution < 1.29 is 17.9 Å². The van der Waals surface area contributed by atoms with E-state index in [1.807, 2.05) is 0 Å². The monoisotopic (exact) mass is 515 g/mol. The molecule has 0 bridgehead atoms. The molecule has 1 fully saturated rings. The van der Waals surface area contributed by atoms with Crippen molar-refractivity contribution in [2.75, 3.05) is 46.8 Å². The molecule has 1 saturated heterocycles. The Morgan fingerprint density at radius 2 is 1.82 bits per heavy atom. The van der Waals surface area contributed by atoms with Crippen molar-refractivity contribution in [2.24, 2.45) is 4.99 Å². The van der Waals surface area contributed by atoms with Gasteiger partial charge in [-0.3, -0.25) is 9.89 Å². The van der Waals surface area contributed by atoms with Crippen molar-refractivity contribution in [1.29, 1.82) is 0 Å². The van der Waals surface area contributed by atoms with Gasteiger partial charge in [-0.2, -0.15) is 0 Å². The summed E-state index contributed by atoms with van der Waals surface area (Å²) in [6, 6.07) is 6.41. The molecule has 1 heterocycles. The number of piperazine rings is 1. The third-order valence-corrected chi connectivity index (χ3v) is 4.59. The number of likely N-dealkylation sites (N-methyl/N-ethyl adjacent to an activating group) is 1. The number of benzene rings is 1. The molecule has 0 spiro atoms. The molecular formula is C18H29F3IN5O. The first-order valence-corrected chi connectivity index (χ1v) is 8.99. The van der Waals surface area contributed by atoms with E-state index < -0.39 is 6.36 Å². The second kappa shape index (κ2) is 11.7. The molecule has 1 aromatic rings. The lowest BCUT2D eigenvalue weighted by Gasteiger charge is -2.36. The van der Waals surface area contributed by atoms with Gasteiger partial charge in [-0.05, 0) is 20.0 Å². The fourth-order valence-corrected chi connectivity index (χ4v) is 2.91. The van der Waals surface area contributed by atoms with E-state index in [2.05, 4.69) is 44.1 Å². The van der Waals surface area contributed by atoms with Gasteiger partial charge in [0.25, 0.3) is 0 Å². The van der Waals surface area contributed by atoms with Crippen molar-refractivity contribution >= 4 is 29.9 Å². The first-order chi connectivity index (χ1) is 12.8. The first-order valence-electron chi connectivity index (χ1n) is 8.99. The van der Waals surface area contributed by atoms with Gasteiger partial charge >= 0.3 is 6.36 Å². The maximum atomic E-state index is 12.5. The molecule has 1 aliphatic rings. The van der Waals surface area contributed by atoms with Gasteiger partial charge in [0.05, 0.1) is 0 Å². The molecule has 2 rings (SSSR count). The van der Waals surface area contributed by atoms with Gasteiger partial charge in [0.2, 0.25) is 0 Å². The van der Waals surface area contributed by atoms with Crippen molar-refractivity contribution in [3.05, 3.63) is 29.8 Å². The number of nitrogens with zero attached hydrogens (tertiary/aromatic N) is 3. The molecule has 10 heteroatoms. The normalized spacial score (nSPS) is 17.6. The van der Waals surface area contributed by atoms with E-state index in [9.17, 15) is 13.2 Å². The number of guanidine groups is 1. The van der Waals surface area contributed by atoms with E-state index in [0.29, 0.717) is 24.1 Å². The highest BCUT2D eigenvalue weighted by molar-refractivity contribution is 14.0. The van der Waals surface area contributed by atoms with Gasteiger partial charge in [-0.25, -0.2) is 0 Å². The van der Waals surface area contributed by atoms with Crippen LogP contribution >= 0.6 is 24.0 Å². The fraction of sp³-hybridized carbons (Fsp3) is 0.611. The number of rotatable bonds is 6. The van der Waals surface area contributed by atoms with Crippen LogP contribution in [-0.2, 0) is 6.54 Å². The van der Waals surface area contributed by atoms with Gasteiger partial charge in [0.1, 0.15) is 5.75 Å². The van der Waals surface area contributed by atoms with Gasteiger partial charge in [-0.15, -0.1) is 37.1 Å². The van der Waals surface area contributed by atoms with E-state index in [4.69, 9.17) is 0 Å². The average molecular weight is 515 g/mol. The Hall–Kier alpha value is -1.27. The molecule has 1 aromatic carbocycles. The summed E-state index contributed by atoms with van der Waals surface area (Å²) in [4.78, 5) is 8.85. The van der Waals surface area contributed by atoms with Crippen molar-refractivity contribution in [2.45, 2.75) is 25.9 Å². The van der Waals surface area contributed by atoms with E-state index >= 15 is 0 Å². The fourth-order valence-electron chi connectivity index (χ4n) is 2.91. The van der Waals surface area contributed by atoms with Crippen LogP contribution in [0.2, 0.25) is 0 Å². The summed E-state index contributed by atoms with van der Waals surface area (Å²) in [5.41, 5.74) is 0.407. The third kappa shape index (κ3) is 8.39. The first kappa shape index (κ1) is 24.8. The summed E-state index contributed by atoms with van der Waals surface area (Å²) >= 11 is 0. The molecule has 1 atom stereocenters. The summed E-state index contributed by atoms with van der Waals surface area (Å²) in [5.74, 6) is 0.330. The van der Waals surface area contributed by atoms with E-state index in [1.54, 1.807) is 19.2 Å². The number of nitrogens with one attached hydrogen (secondary N) is 2. The lowest BCUT2D eigenvalue weighted by molar-refractivity contribution is -0.274. The second-order valence-corrected chi connectivity index (χ2v) is 6.65. The molecule has 2 N–H and O–H groups in total. The molecule has 1 aliphatic heterocycles. The van der Waals surface area contributed by atoms with Crippen LogP contribution in [0.25, 0.3) is 0 Å². The summed E-state index contributed by atoms with van der Waals surface area (Å²) in [6.45, 7) is 7.17. The number of hydrogen-bond acceptors (Lipinski definition) is 4. The summed E-state index contributed by atoms with van der Waals surface area (Å²) in [7, 11) is 3.75. The Kier molecular flexibility index (Phi) is 10.3. The largest absolute Gasteiger partial charge is 0.573 e. The van der Waals surface area contributed by atoms with E-state index in [0.717, 1.165) is 26.2 Å².